The summed E-state index contributed by atoms with van der Waals surface area (Å²) in [5.74, 6) is 2.03. The molecule has 1 saturated carbocycles. The minimum absolute atomic E-state index is 0.0918. The molecule has 2 aliphatic rings. The first kappa shape index (κ1) is 21.4. The van der Waals surface area contributed by atoms with Gasteiger partial charge in [-0.05, 0) is 49.9 Å². The SMILES string of the molecule is COc1ccc(NC(=O)CSc2cc(N3CCC(C(=O)NC4CC4)CC3)ncn2)cc1. The average molecular weight is 442 g/mol. The van der Waals surface area contributed by atoms with Crippen molar-refractivity contribution in [1.82, 2.24) is 15.3 Å². The van der Waals surface area contributed by atoms with Crippen LogP contribution < -0.4 is 20.3 Å². The van der Waals surface area contributed by atoms with Crippen molar-refractivity contribution >= 4 is 35.1 Å². The molecule has 1 saturated heterocycles. The zero-order valence-corrected chi connectivity index (χ0v) is 18.4. The molecule has 0 unspecified atom stereocenters. The van der Waals surface area contributed by atoms with E-state index in [1.165, 1.54) is 18.1 Å². The molecule has 9 heteroatoms. The molecule has 2 N–H and O–H groups in total. The predicted molar refractivity (Wildman–Crippen MR) is 120 cm³/mol. The quantitative estimate of drug-likeness (QED) is 0.480. The van der Waals surface area contributed by atoms with Gasteiger partial charge in [-0.15, -0.1) is 0 Å². The van der Waals surface area contributed by atoms with E-state index in [2.05, 4.69) is 25.5 Å². The number of carbonyl (C=O) groups is 2. The number of thioether (sulfide) groups is 1. The number of anilines is 2. The van der Waals surface area contributed by atoms with Crippen molar-refractivity contribution in [1.29, 1.82) is 0 Å². The molecule has 0 bridgehead atoms. The molecule has 1 aromatic heterocycles. The van der Waals surface area contributed by atoms with Crippen LogP contribution in [0.1, 0.15) is 25.7 Å². The van der Waals surface area contributed by atoms with E-state index in [9.17, 15) is 9.59 Å². The molecule has 2 aromatic rings. The maximum absolute atomic E-state index is 12.3. The molecule has 164 valence electrons. The van der Waals surface area contributed by atoms with Crippen molar-refractivity contribution in [3.8, 4) is 5.75 Å². The second-order valence-electron chi connectivity index (χ2n) is 7.82. The maximum Gasteiger partial charge on any atom is 0.234 e. The summed E-state index contributed by atoms with van der Waals surface area (Å²) in [6.45, 7) is 1.59. The average Bonchev–Trinajstić information content (AvgIpc) is 3.62. The third-order valence-corrected chi connectivity index (χ3v) is 6.39. The monoisotopic (exact) mass is 441 g/mol. The summed E-state index contributed by atoms with van der Waals surface area (Å²) >= 11 is 1.37. The molecular weight excluding hydrogens is 414 g/mol. The Morgan fingerprint density at radius 3 is 2.55 bits per heavy atom. The molecule has 1 aliphatic carbocycles. The molecular formula is C22H27N5O3S. The summed E-state index contributed by atoms with van der Waals surface area (Å²) in [4.78, 5) is 35.4. The van der Waals surface area contributed by atoms with E-state index >= 15 is 0 Å². The number of piperidine rings is 1. The number of aromatic nitrogens is 2. The van der Waals surface area contributed by atoms with Gasteiger partial charge in [-0.2, -0.15) is 0 Å². The standard InChI is InChI=1S/C22H27N5O3S/c1-30-18-6-4-16(5-7-18)25-20(28)13-31-21-12-19(23-14-24-21)27-10-8-15(9-11-27)22(29)26-17-2-3-17/h4-7,12,14-15,17H,2-3,8-11,13H2,1H3,(H,25,28)(H,26,29). The molecule has 2 heterocycles. The lowest BCUT2D eigenvalue weighted by Gasteiger charge is -2.32. The fourth-order valence-electron chi connectivity index (χ4n) is 3.51. The number of amides is 2. The van der Waals surface area contributed by atoms with Crippen molar-refractivity contribution in [2.24, 2.45) is 5.92 Å². The second-order valence-corrected chi connectivity index (χ2v) is 8.82. The van der Waals surface area contributed by atoms with Gasteiger partial charge in [-0.1, -0.05) is 11.8 Å². The van der Waals surface area contributed by atoms with Gasteiger partial charge in [0.05, 0.1) is 12.9 Å². The summed E-state index contributed by atoms with van der Waals surface area (Å²) in [5.41, 5.74) is 0.725. The topological polar surface area (TPSA) is 96.5 Å². The van der Waals surface area contributed by atoms with Gasteiger partial charge in [0.25, 0.3) is 0 Å². The summed E-state index contributed by atoms with van der Waals surface area (Å²) < 4.78 is 5.12. The van der Waals surface area contributed by atoms with Crippen molar-refractivity contribution in [3.63, 3.8) is 0 Å². The summed E-state index contributed by atoms with van der Waals surface area (Å²) in [7, 11) is 1.61. The van der Waals surface area contributed by atoms with Gasteiger partial charge in [0, 0.05) is 36.8 Å². The van der Waals surface area contributed by atoms with E-state index in [0.29, 0.717) is 6.04 Å². The molecule has 31 heavy (non-hydrogen) atoms. The Kier molecular flexibility index (Phi) is 6.91. The van der Waals surface area contributed by atoms with Crippen molar-refractivity contribution in [3.05, 3.63) is 36.7 Å². The molecule has 1 aromatic carbocycles. The van der Waals surface area contributed by atoms with Gasteiger partial charge in [0.15, 0.2) is 0 Å². The molecule has 0 atom stereocenters. The lowest BCUT2D eigenvalue weighted by Crippen LogP contribution is -2.41. The van der Waals surface area contributed by atoms with Crippen LogP contribution in [-0.4, -0.2) is 53.8 Å². The highest BCUT2D eigenvalue weighted by molar-refractivity contribution is 7.99. The van der Waals surface area contributed by atoms with E-state index in [0.717, 1.165) is 61.1 Å². The fourth-order valence-corrected chi connectivity index (χ4v) is 4.17. The van der Waals surface area contributed by atoms with Crippen LogP contribution in [0.4, 0.5) is 11.5 Å². The van der Waals surface area contributed by atoms with Crippen LogP contribution in [0.15, 0.2) is 41.7 Å². The minimum Gasteiger partial charge on any atom is -0.497 e. The Morgan fingerprint density at radius 1 is 1.13 bits per heavy atom. The highest BCUT2D eigenvalue weighted by Crippen LogP contribution is 2.26. The van der Waals surface area contributed by atoms with Gasteiger partial charge in [0.1, 0.15) is 22.9 Å². The van der Waals surface area contributed by atoms with Crippen LogP contribution in [0.2, 0.25) is 0 Å². The number of carbonyl (C=O) groups excluding carboxylic acids is 2. The van der Waals surface area contributed by atoms with E-state index in [4.69, 9.17) is 4.74 Å². The highest BCUT2D eigenvalue weighted by Gasteiger charge is 2.30. The third-order valence-electron chi connectivity index (χ3n) is 5.47. The van der Waals surface area contributed by atoms with Gasteiger partial charge in [-0.3, -0.25) is 9.59 Å². The molecule has 0 radical (unpaired) electrons. The first-order valence-electron chi connectivity index (χ1n) is 10.5. The smallest absolute Gasteiger partial charge is 0.234 e. The number of hydrogen-bond donors (Lipinski definition) is 2. The fraction of sp³-hybridized carbons (Fsp3) is 0.455. The van der Waals surface area contributed by atoms with Gasteiger partial charge >= 0.3 is 0 Å². The number of rotatable bonds is 8. The van der Waals surface area contributed by atoms with Crippen LogP contribution in [0, 0.1) is 5.92 Å². The number of methoxy groups -OCH3 is 1. The molecule has 0 spiro atoms. The summed E-state index contributed by atoms with van der Waals surface area (Å²) in [6, 6.07) is 9.54. The van der Waals surface area contributed by atoms with Gasteiger partial charge in [0.2, 0.25) is 11.8 Å². The lowest BCUT2D eigenvalue weighted by atomic mass is 9.96. The molecule has 1 aliphatic heterocycles. The largest absolute Gasteiger partial charge is 0.497 e. The summed E-state index contributed by atoms with van der Waals surface area (Å²) in [5, 5.41) is 6.73. The number of hydrogen-bond acceptors (Lipinski definition) is 7. The Hall–Kier alpha value is -2.81. The number of nitrogens with zero attached hydrogens (tertiary/aromatic N) is 3. The van der Waals surface area contributed by atoms with E-state index in [1.807, 2.05) is 6.07 Å². The van der Waals surface area contributed by atoms with E-state index in [-0.39, 0.29) is 23.5 Å². The molecule has 8 nitrogen and oxygen atoms in total. The lowest BCUT2D eigenvalue weighted by molar-refractivity contribution is -0.125. The number of nitrogens with one attached hydrogen (secondary N) is 2. The normalized spacial score (nSPS) is 16.6. The first-order valence-corrected chi connectivity index (χ1v) is 11.5. The Balaban J connectivity index is 1.25. The summed E-state index contributed by atoms with van der Waals surface area (Å²) in [6.07, 6.45) is 5.42. The van der Waals surface area contributed by atoms with Crippen LogP contribution >= 0.6 is 11.8 Å². The predicted octanol–water partition coefficient (Wildman–Crippen LogP) is 2.71. The zero-order valence-electron chi connectivity index (χ0n) is 17.5. The van der Waals surface area contributed by atoms with Crippen LogP contribution in [0.25, 0.3) is 0 Å². The van der Waals surface area contributed by atoms with Crippen molar-refractivity contribution < 1.29 is 14.3 Å². The minimum atomic E-state index is -0.0992. The molecule has 2 amide bonds. The molecule has 4 rings (SSSR count). The van der Waals surface area contributed by atoms with Crippen LogP contribution in [0.3, 0.4) is 0 Å². The van der Waals surface area contributed by atoms with Gasteiger partial charge in [-0.25, -0.2) is 9.97 Å². The highest BCUT2D eigenvalue weighted by atomic mass is 32.2. The van der Waals surface area contributed by atoms with Crippen LogP contribution in [-0.2, 0) is 9.59 Å². The Morgan fingerprint density at radius 2 is 1.87 bits per heavy atom. The molecule has 2 fully saturated rings. The zero-order chi connectivity index (χ0) is 21.6. The maximum atomic E-state index is 12.3. The van der Waals surface area contributed by atoms with E-state index < -0.39 is 0 Å². The number of ether oxygens (including phenoxy) is 1. The third kappa shape index (κ3) is 6.10. The second kappa shape index (κ2) is 10.00. The first-order chi connectivity index (χ1) is 15.1. The van der Waals surface area contributed by atoms with E-state index in [1.54, 1.807) is 31.4 Å². The van der Waals surface area contributed by atoms with Crippen LogP contribution in [0.5, 0.6) is 5.75 Å². The Bertz CT molecular complexity index is 912. The Labute approximate surface area is 186 Å². The van der Waals surface area contributed by atoms with Crippen molar-refractivity contribution in [2.75, 3.05) is 36.2 Å². The number of benzene rings is 1. The van der Waals surface area contributed by atoms with Crippen molar-refractivity contribution in [2.45, 2.75) is 36.8 Å². The van der Waals surface area contributed by atoms with Gasteiger partial charge < -0.3 is 20.3 Å².